The van der Waals surface area contributed by atoms with Crippen LogP contribution in [0.3, 0.4) is 0 Å². The average Bonchev–Trinajstić information content (AvgIpc) is 3.83. The van der Waals surface area contributed by atoms with Crippen molar-refractivity contribution in [3.05, 3.63) is 70.8 Å². The first kappa shape index (κ1) is 43.2. The number of fused-ring (bicyclic) bond motifs is 1. The van der Waals surface area contributed by atoms with Crippen LogP contribution in [-0.2, 0) is 28.5 Å². The van der Waals surface area contributed by atoms with Gasteiger partial charge in [0.2, 0.25) is 0 Å². The van der Waals surface area contributed by atoms with E-state index in [-0.39, 0.29) is 58.7 Å². The van der Waals surface area contributed by atoms with Crippen molar-refractivity contribution in [3.63, 3.8) is 0 Å². The second-order valence-electron chi connectivity index (χ2n) is 14.3. The number of phenolic OH excluding ortho intramolecular Hbond substituents is 2. The zero-order valence-electron chi connectivity index (χ0n) is 32.9. The number of aliphatic hydroxyl groups is 5. The molecule has 17 heteroatoms. The van der Waals surface area contributed by atoms with Gasteiger partial charge in [-0.1, -0.05) is 12.2 Å². The second kappa shape index (κ2) is 18.3. The van der Waals surface area contributed by atoms with Gasteiger partial charge >= 0.3 is 11.9 Å². The van der Waals surface area contributed by atoms with E-state index in [1.807, 2.05) is 0 Å². The summed E-state index contributed by atoms with van der Waals surface area (Å²) in [4.78, 5) is 26.8. The molecular weight excluding hydrogens is 776 g/mol. The summed E-state index contributed by atoms with van der Waals surface area (Å²) in [6.45, 7) is 2.20. The minimum absolute atomic E-state index is 0.0173. The van der Waals surface area contributed by atoms with Gasteiger partial charge < -0.3 is 73.6 Å². The molecule has 0 spiro atoms. The largest absolute Gasteiger partial charge is 0.504 e. The number of aromatic hydroxyl groups is 2. The lowest BCUT2D eigenvalue weighted by molar-refractivity contribution is -0.152. The smallest absolute Gasteiger partial charge is 0.330 e. The molecule has 318 valence electrons. The van der Waals surface area contributed by atoms with Crippen LogP contribution in [0.25, 0.3) is 23.3 Å². The molecule has 2 saturated heterocycles. The zero-order chi connectivity index (χ0) is 42.7. The van der Waals surface area contributed by atoms with Gasteiger partial charge in [-0.05, 0) is 73.0 Å². The maximum absolute atomic E-state index is 14.2. The minimum Gasteiger partial charge on any atom is -0.504 e. The molecule has 3 heterocycles. The summed E-state index contributed by atoms with van der Waals surface area (Å²) in [5.41, 5.74) is 1.58. The molecule has 3 aromatic rings. The molecule has 6 rings (SSSR count). The third kappa shape index (κ3) is 8.82. The van der Waals surface area contributed by atoms with Gasteiger partial charge in [0, 0.05) is 22.8 Å². The number of esters is 2. The molecule has 0 aliphatic carbocycles. The molecule has 0 radical (unpaired) electrons. The molecule has 3 aliphatic rings. The van der Waals surface area contributed by atoms with Crippen LogP contribution in [0.5, 0.6) is 34.5 Å². The van der Waals surface area contributed by atoms with Crippen LogP contribution in [0.1, 0.15) is 48.1 Å². The molecule has 17 nitrogen and oxygen atoms in total. The van der Waals surface area contributed by atoms with Crippen molar-refractivity contribution < 1.29 is 83.2 Å². The van der Waals surface area contributed by atoms with Gasteiger partial charge in [-0.2, -0.15) is 0 Å². The van der Waals surface area contributed by atoms with Crippen LogP contribution in [0, 0.1) is 0 Å². The van der Waals surface area contributed by atoms with E-state index in [2.05, 4.69) is 0 Å². The lowest BCUT2D eigenvalue weighted by atomic mass is 9.88. The summed E-state index contributed by atoms with van der Waals surface area (Å²) in [6.07, 6.45) is -3.67. The summed E-state index contributed by atoms with van der Waals surface area (Å²) in [5.74, 6) is -3.19. The SMILES string of the molecule is COc1cc(/C=C/C(=O)OC[C@@H]2O[C@@H](C)[C@H](O)[C@H]2O)cc(-c2cc([C@@H]3Oc4c(OC)cc(/C=C/CO)cc4[C@H]3C(=O)OC[C@@H]3O[C@@H](C)[C@H](O)[C@H]3O)cc(OC)c2O)c1O. The lowest BCUT2D eigenvalue weighted by Crippen LogP contribution is -2.35. The third-order valence-corrected chi connectivity index (χ3v) is 10.5. The normalized spacial score (nSPS) is 27.5. The molecule has 0 bridgehead atoms. The van der Waals surface area contributed by atoms with E-state index < -0.39 is 85.1 Å². The first-order valence-corrected chi connectivity index (χ1v) is 18.7. The van der Waals surface area contributed by atoms with Gasteiger partial charge in [0.15, 0.2) is 34.5 Å². The summed E-state index contributed by atoms with van der Waals surface area (Å²) in [5, 5.41) is 73.1. The Balaban J connectivity index is 1.37. The molecule has 0 unspecified atom stereocenters. The highest BCUT2D eigenvalue weighted by atomic mass is 16.6. The minimum atomic E-state index is -1.31. The Morgan fingerprint density at radius 3 is 1.80 bits per heavy atom. The zero-order valence-corrected chi connectivity index (χ0v) is 32.9. The molecule has 0 saturated carbocycles. The number of ether oxygens (including phenoxy) is 8. The monoisotopic (exact) mass is 824 g/mol. The number of methoxy groups -OCH3 is 3. The first-order chi connectivity index (χ1) is 28.2. The molecule has 3 aliphatic heterocycles. The van der Waals surface area contributed by atoms with Gasteiger partial charge in [0.05, 0.1) is 40.1 Å². The molecule has 0 aromatic heterocycles. The molecule has 2 fully saturated rings. The third-order valence-electron chi connectivity index (χ3n) is 10.5. The summed E-state index contributed by atoms with van der Waals surface area (Å²) in [6, 6.07) is 9.16. The van der Waals surface area contributed by atoms with Crippen molar-refractivity contribution in [3.8, 4) is 45.6 Å². The fourth-order valence-electron chi connectivity index (χ4n) is 7.32. The Labute approximate surface area is 339 Å². The van der Waals surface area contributed by atoms with Crippen molar-refractivity contribution in [1.82, 2.24) is 0 Å². The summed E-state index contributed by atoms with van der Waals surface area (Å²) < 4.78 is 45.1. The molecule has 3 aromatic carbocycles. The Hall–Kier alpha value is -5.40. The Kier molecular flexibility index (Phi) is 13.4. The average molecular weight is 825 g/mol. The maximum Gasteiger partial charge on any atom is 0.330 e. The van der Waals surface area contributed by atoms with Gasteiger partial charge in [-0.3, -0.25) is 4.79 Å². The molecule has 10 atom stereocenters. The van der Waals surface area contributed by atoms with Crippen molar-refractivity contribution in [2.75, 3.05) is 41.2 Å². The number of hydrogen-bond acceptors (Lipinski definition) is 17. The Bertz CT molecular complexity index is 2080. The van der Waals surface area contributed by atoms with E-state index in [9.17, 15) is 45.3 Å². The number of carbonyl (C=O) groups excluding carboxylic acids is 2. The van der Waals surface area contributed by atoms with Crippen molar-refractivity contribution in [2.45, 2.75) is 74.7 Å². The molecule has 0 amide bonds. The Morgan fingerprint density at radius 2 is 1.24 bits per heavy atom. The fraction of sp³-hybridized carbons (Fsp3) is 0.429. The standard InChI is InChI=1S/C42H48O17/c1-19-34(45)38(49)30(57-19)17-55-32(44)9-8-22-11-24(36(47)27(13-22)52-3)25-15-23(16-28(53-4)37(25)48)40-33(42(51)56-18-31-39(50)35(46)20(2)58-31)26-12-21(7-6-10-43)14-29(54-5)41(26)59-40/h6-9,11-16,19-20,30-31,33-35,38-40,43,45-50H,10,17-18H2,1-5H3/b7-6+,9-8+/t19-,20-,30-,31-,33+,34-,35-,38-,39-,40-/m0/s1. The first-order valence-electron chi connectivity index (χ1n) is 18.7. The predicted octanol–water partition coefficient (Wildman–Crippen LogP) is 2.13. The summed E-state index contributed by atoms with van der Waals surface area (Å²) >= 11 is 0. The predicted molar refractivity (Wildman–Crippen MR) is 207 cm³/mol. The highest BCUT2D eigenvalue weighted by Gasteiger charge is 2.46. The van der Waals surface area contributed by atoms with Crippen LogP contribution >= 0.6 is 0 Å². The number of benzene rings is 3. The van der Waals surface area contributed by atoms with Gasteiger partial charge in [0.25, 0.3) is 0 Å². The van der Waals surface area contributed by atoms with E-state index in [4.69, 9.17) is 37.9 Å². The van der Waals surface area contributed by atoms with E-state index in [1.165, 1.54) is 57.7 Å². The van der Waals surface area contributed by atoms with Gasteiger partial charge in [-0.15, -0.1) is 0 Å². The fourth-order valence-corrected chi connectivity index (χ4v) is 7.32. The number of hydrogen-bond donors (Lipinski definition) is 7. The second-order valence-corrected chi connectivity index (χ2v) is 14.3. The topological polar surface area (TPSA) is 250 Å². The van der Waals surface area contributed by atoms with Crippen molar-refractivity contribution >= 4 is 24.1 Å². The highest BCUT2D eigenvalue weighted by molar-refractivity contribution is 5.89. The molecule has 7 N–H and O–H groups in total. The molecule has 59 heavy (non-hydrogen) atoms. The van der Waals surface area contributed by atoms with E-state index in [0.29, 0.717) is 16.7 Å². The van der Waals surface area contributed by atoms with Crippen LogP contribution in [-0.4, -0.2) is 138 Å². The van der Waals surface area contributed by atoms with Crippen molar-refractivity contribution in [2.24, 2.45) is 0 Å². The number of carbonyl (C=O) groups is 2. The number of rotatable bonds is 14. The summed E-state index contributed by atoms with van der Waals surface area (Å²) in [7, 11) is 4.05. The van der Waals surface area contributed by atoms with Gasteiger partial charge in [-0.25, -0.2) is 4.79 Å². The van der Waals surface area contributed by atoms with Crippen LogP contribution in [0.4, 0.5) is 0 Å². The Morgan fingerprint density at radius 1 is 0.695 bits per heavy atom. The van der Waals surface area contributed by atoms with Crippen LogP contribution in [0.15, 0.2) is 48.6 Å². The van der Waals surface area contributed by atoms with Crippen LogP contribution < -0.4 is 18.9 Å². The highest BCUT2D eigenvalue weighted by Crippen LogP contribution is 2.54. The quantitative estimate of drug-likeness (QED) is 0.0909. The maximum atomic E-state index is 14.2. The lowest BCUT2D eigenvalue weighted by Gasteiger charge is -2.22. The van der Waals surface area contributed by atoms with E-state index >= 15 is 0 Å². The van der Waals surface area contributed by atoms with E-state index in [1.54, 1.807) is 32.1 Å². The van der Waals surface area contributed by atoms with Gasteiger partial charge in [0.1, 0.15) is 61.9 Å². The number of aliphatic hydroxyl groups excluding tert-OH is 5. The van der Waals surface area contributed by atoms with Crippen molar-refractivity contribution in [1.29, 1.82) is 0 Å². The van der Waals surface area contributed by atoms with Crippen LogP contribution in [0.2, 0.25) is 0 Å². The number of phenols is 2. The molecular formula is C42H48O17. The van der Waals surface area contributed by atoms with E-state index in [0.717, 1.165) is 6.08 Å².